The molecule has 0 saturated carbocycles. The number of non-ortho nitro benzene ring substituents is 1. The molecule has 0 aliphatic carbocycles. The number of anilines is 1. The first-order chi connectivity index (χ1) is 16.2. The molecule has 0 saturated heterocycles. The molecule has 0 fully saturated rings. The minimum absolute atomic E-state index is 0.00860. The monoisotopic (exact) mass is 583 g/mol. The molecule has 9 heteroatoms. The molecule has 0 spiro atoms. The van der Waals surface area contributed by atoms with E-state index in [1.54, 1.807) is 30.3 Å². The Morgan fingerprint density at radius 2 is 1.88 bits per heavy atom. The molecule has 0 bridgehead atoms. The van der Waals surface area contributed by atoms with Crippen molar-refractivity contribution in [1.82, 2.24) is 0 Å². The van der Waals surface area contributed by atoms with Crippen molar-refractivity contribution < 1.29 is 14.5 Å². The van der Waals surface area contributed by atoms with Gasteiger partial charge in [0.25, 0.3) is 11.6 Å². The number of nitrogens with zero attached hydrogens (tertiary/aromatic N) is 2. The van der Waals surface area contributed by atoms with E-state index >= 15 is 0 Å². The Bertz CT molecular complexity index is 1330. The van der Waals surface area contributed by atoms with E-state index in [4.69, 9.17) is 4.74 Å². The fourth-order valence-corrected chi connectivity index (χ4v) is 4.46. The molecule has 3 aromatic carbocycles. The van der Waals surface area contributed by atoms with Crippen LogP contribution in [0.3, 0.4) is 0 Å². The van der Waals surface area contributed by atoms with Crippen molar-refractivity contribution in [3.05, 3.63) is 101 Å². The summed E-state index contributed by atoms with van der Waals surface area (Å²) in [5, 5.41) is 23.3. The van der Waals surface area contributed by atoms with Crippen LogP contribution in [0.5, 0.6) is 5.75 Å². The molecule has 0 radical (unpaired) electrons. The summed E-state index contributed by atoms with van der Waals surface area (Å²) in [5.41, 5.74) is 3.72. The number of ether oxygens (including phenoxy) is 1. The molecule has 1 amide bonds. The number of nitro groups is 1. The number of aryl methyl sites for hydroxylation is 1. The van der Waals surface area contributed by atoms with Crippen LogP contribution in [0.15, 0.2) is 69.1 Å². The summed E-state index contributed by atoms with van der Waals surface area (Å²) < 4.78 is 7.30. The fraction of sp³-hybridized carbons (Fsp3) is 0.120. The first kappa shape index (κ1) is 25.1. The quantitative estimate of drug-likeness (QED) is 0.141. The van der Waals surface area contributed by atoms with Crippen LogP contribution < -0.4 is 10.1 Å². The molecule has 3 aromatic rings. The summed E-state index contributed by atoms with van der Waals surface area (Å²) in [6, 6.07) is 17.1. The van der Waals surface area contributed by atoms with Crippen LogP contribution in [0.2, 0.25) is 0 Å². The maximum absolute atomic E-state index is 12.8. The number of nitro benzene ring substituents is 1. The lowest BCUT2D eigenvalue weighted by molar-refractivity contribution is -0.384. The second-order valence-electron chi connectivity index (χ2n) is 7.39. The van der Waals surface area contributed by atoms with Crippen LogP contribution in [-0.2, 0) is 11.4 Å². The lowest BCUT2D eigenvalue weighted by Gasteiger charge is -2.13. The molecule has 0 aliphatic heterocycles. The number of hydrogen-bond donors (Lipinski definition) is 1. The lowest BCUT2D eigenvalue weighted by Crippen LogP contribution is -2.14. The van der Waals surface area contributed by atoms with Crippen molar-refractivity contribution in [2.24, 2.45) is 0 Å². The summed E-state index contributed by atoms with van der Waals surface area (Å²) in [4.78, 5) is 23.2. The molecule has 34 heavy (non-hydrogen) atoms. The highest BCUT2D eigenvalue weighted by atomic mass is 79.9. The van der Waals surface area contributed by atoms with Gasteiger partial charge < -0.3 is 10.1 Å². The van der Waals surface area contributed by atoms with Gasteiger partial charge in [-0.1, -0.05) is 28.1 Å². The maximum atomic E-state index is 12.8. The molecule has 3 rings (SSSR count). The van der Waals surface area contributed by atoms with Crippen molar-refractivity contribution in [1.29, 1.82) is 5.26 Å². The number of carbonyl (C=O) groups excluding carboxylic acids is 1. The van der Waals surface area contributed by atoms with Crippen LogP contribution in [0.25, 0.3) is 6.08 Å². The SMILES string of the molecule is Cc1cccc(NC(=O)/C(C#N)=C/c2cc(Br)cc(Br)c2OCc2ccc([N+](=O)[O-])cc2)c1C. The van der Waals surface area contributed by atoms with Gasteiger partial charge >= 0.3 is 0 Å². The molecule has 7 nitrogen and oxygen atoms in total. The third kappa shape index (κ3) is 6.10. The molecular formula is C25H19Br2N3O4. The molecule has 0 unspecified atom stereocenters. The largest absolute Gasteiger partial charge is 0.487 e. The van der Waals surface area contributed by atoms with E-state index in [2.05, 4.69) is 37.2 Å². The van der Waals surface area contributed by atoms with Crippen molar-refractivity contribution >= 4 is 55.2 Å². The van der Waals surface area contributed by atoms with Crippen LogP contribution >= 0.6 is 31.9 Å². The van der Waals surface area contributed by atoms with E-state index in [0.29, 0.717) is 21.5 Å². The molecule has 1 N–H and O–H groups in total. The highest BCUT2D eigenvalue weighted by Gasteiger charge is 2.16. The van der Waals surface area contributed by atoms with E-state index in [1.807, 2.05) is 32.0 Å². The zero-order chi connectivity index (χ0) is 24.8. The van der Waals surface area contributed by atoms with Crippen LogP contribution in [-0.4, -0.2) is 10.8 Å². The van der Waals surface area contributed by atoms with Crippen LogP contribution in [0.4, 0.5) is 11.4 Å². The van der Waals surface area contributed by atoms with Crippen LogP contribution in [0, 0.1) is 35.3 Å². The molecule has 0 aliphatic rings. The maximum Gasteiger partial charge on any atom is 0.269 e. The van der Waals surface area contributed by atoms with Gasteiger partial charge in [-0.25, -0.2) is 0 Å². The number of nitrogens with one attached hydrogen (secondary N) is 1. The van der Waals surface area contributed by atoms with Crippen molar-refractivity contribution in [2.45, 2.75) is 20.5 Å². The second-order valence-corrected chi connectivity index (χ2v) is 9.16. The zero-order valence-corrected chi connectivity index (χ0v) is 21.4. The predicted octanol–water partition coefficient (Wildman–Crippen LogP) is 6.86. The van der Waals surface area contributed by atoms with E-state index < -0.39 is 10.8 Å². The Labute approximate surface area is 213 Å². The number of amides is 1. The Morgan fingerprint density at radius 1 is 1.18 bits per heavy atom. The molecule has 0 heterocycles. The average Bonchev–Trinajstić information content (AvgIpc) is 2.80. The third-order valence-electron chi connectivity index (χ3n) is 5.09. The van der Waals surface area contributed by atoms with Crippen molar-refractivity contribution in [3.63, 3.8) is 0 Å². The number of halogens is 2. The van der Waals surface area contributed by atoms with Crippen molar-refractivity contribution in [2.75, 3.05) is 5.32 Å². The van der Waals surface area contributed by atoms with E-state index in [1.165, 1.54) is 18.2 Å². The van der Waals surface area contributed by atoms with Crippen LogP contribution in [0.1, 0.15) is 22.3 Å². The average molecular weight is 585 g/mol. The standard InChI is InChI=1S/C25H19Br2N3O4/c1-15-4-3-5-23(16(15)2)29-25(31)19(13-28)10-18-11-20(26)12-22(27)24(18)34-14-17-6-8-21(9-7-17)30(32)33/h3-12H,14H2,1-2H3,(H,29,31)/b19-10+. The number of hydrogen-bond acceptors (Lipinski definition) is 5. The number of nitriles is 1. The minimum Gasteiger partial charge on any atom is -0.487 e. The Kier molecular flexibility index (Phi) is 8.21. The zero-order valence-electron chi connectivity index (χ0n) is 18.3. The molecule has 0 aromatic heterocycles. The van der Waals surface area contributed by atoms with E-state index in [-0.39, 0.29) is 17.9 Å². The molecule has 0 atom stereocenters. The van der Waals surface area contributed by atoms with Crippen molar-refractivity contribution in [3.8, 4) is 11.8 Å². The van der Waals surface area contributed by atoms with Gasteiger partial charge in [0.1, 0.15) is 24.0 Å². The normalized spacial score (nSPS) is 11.0. The van der Waals surface area contributed by atoms with E-state index in [9.17, 15) is 20.2 Å². The van der Waals surface area contributed by atoms with Gasteiger partial charge in [-0.3, -0.25) is 14.9 Å². The highest BCUT2D eigenvalue weighted by molar-refractivity contribution is 9.11. The van der Waals surface area contributed by atoms with Gasteiger partial charge in [-0.2, -0.15) is 5.26 Å². The Hall–Kier alpha value is -3.48. The summed E-state index contributed by atoms with van der Waals surface area (Å²) >= 11 is 6.89. The Balaban J connectivity index is 1.88. The number of benzene rings is 3. The third-order valence-corrected chi connectivity index (χ3v) is 6.13. The minimum atomic E-state index is -0.534. The molecular weight excluding hydrogens is 566 g/mol. The predicted molar refractivity (Wildman–Crippen MR) is 137 cm³/mol. The van der Waals surface area contributed by atoms with Gasteiger partial charge in [0.05, 0.1) is 9.40 Å². The Morgan fingerprint density at radius 3 is 2.53 bits per heavy atom. The first-order valence-corrected chi connectivity index (χ1v) is 11.6. The lowest BCUT2D eigenvalue weighted by atomic mass is 10.1. The van der Waals surface area contributed by atoms with Gasteiger partial charge in [0.15, 0.2) is 0 Å². The van der Waals surface area contributed by atoms with Gasteiger partial charge in [-0.05, 0) is 82.9 Å². The second kappa shape index (κ2) is 11.1. The first-order valence-electron chi connectivity index (χ1n) is 10.0. The molecule has 172 valence electrons. The van der Waals surface area contributed by atoms with Gasteiger partial charge in [-0.15, -0.1) is 0 Å². The summed E-state index contributed by atoms with van der Waals surface area (Å²) in [7, 11) is 0. The van der Waals surface area contributed by atoms with Gasteiger partial charge in [0, 0.05) is 27.9 Å². The smallest absolute Gasteiger partial charge is 0.269 e. The topological polar surface area (TPSA) is 105 Å². The highest BCUT2D eigenvalue weighted by Crippen LogP contribution is 2.35. The van der Waals surface area contributed by atoms with Gasteiger partial charge in [0.2, 0.25) is 0 Å². The van der Waals surface area contributed by atoms with E-state index in [0.717, 1.165) is 21.2 Å². The number of carbonyl (C=O) groups is 1. The summed E-state index contributed by atoms with van der Waals surface area (Å²) in [6.07, 6.45) is 1.46. The summed E-state index contributed by atoms with van der Waals surface area (Å²) in [6.45, 7) is 3.98. The fourth-order valence-electron chi connectivity index (χ4n) is 3.09. The number of rotatable bonds is 7. The summed E-state index contributed by atoms with van der Waals surface area (Å²) in [5.74, 6) is -0.109.